The molecule has 174 valence electrons. The van der Waals surface area contributed by atoms with Crippen molar-refractivity contribution in [2.45, 2.75) is 31.6 Å². The second-order valence-corrected chi connectivity index (χ2v) is 9.82. The number of hydrogen-bond acceptors (Lipinski definition) is 6. The van der Waals surface area contributed by atoms with Crippen LogP contribution in [0.3, 0.4) is 0 Å². The predicted octanol–water partition coefficient (Wildman–Crippen LogP) is 5.04. The van der Waals surface area contributed by atoms with Gasteiger partial charge in [0.05, 0.1) is 12.5 Å². The monoisotopic (exact) mass is 484 g/mol. The van der Waals surface area contributed by atoms with E-state index < -0.39 is 0 Å². The van der Waals surface area contributed by atoms with Crippen LogP contribution < -0.4 is 5.32 Å². The fraction of sp³-hybridized carbons (Fsp3) is 0.400. The van der Waals surface area contributed by atoms with Crippen LogP contribution in [0.5, 0.6) is 0 Å². The highest BCUT2D eigenvalue weighted by Crippen LogP contribution is 2.21. The lowest BCUT2D eigenvalue weighted by Crippen LogP contribution is -2.43. The molecule has 3 aromatic rings. The van der Waals surface area contributed by atoms with E-state index in [2.05, 4.69) is 44.6 Å². The number of nitrogens with zero attached hydrogens (tertiary/aromatic N) is 3. The summed E-state index contributed by atoms with van der Waals surface area (Å²) in [5.74, 6) is 3.34. The quantitative estimate of drug-likeness (QED) is 0.406. The van der Waals surface area contributed by atoms with Crippen molar-refractivity contribution in [1.82, 2.24) is 20.4 Å². The first-order valence-electron chi connectivity index (χ1n) is 11.4. The fourth-order valence-corrected chi connectivity index (χ4v) is 4.98. The van der Waals surface area contributed by atoms with Crippen LogP contribution >= 0.6 is 23.4 Å². The number of nitrogens with one attached hydrogen (secondary N) is 1. The topological polar surface area (TPSA) is 71.3 Å². The van der Waals surface area contributed by atoms with E-state index in [4.69, 9.17) is 16.1 Å². The van der Waals surface area contributed by atoms with E-state index in [0.717, 1.165) is 49.4 Å². The average molecular weight is 485 g/mol. The maximum Gasteiger partial charge on any atom is 0.241 e. The lowest BCUT2D eigenvalue weighted by molar-refractivity contribution is -0.126. The summed E-state index contributed by atoms with van der Waals surface area (Å²) >= 11 is 7.85. The lowest BCUT2D eigenvalue weighted by atomic mass is 9.97. The Bertz CT molecular complexity index is 1010. The van der Waals surface area contributed by atoms with Crippen molar-refractivity contribution in [3.63, 3.8) is 0 Å². The number of rotatable bonds is 10. The van der Waals surface area contributed by atoms with E-state index in [1.807, 2.05) is 42.1 Å². The molecule has 6 nitrogen and oxygen atoms in total. The molecule has 1 atom stereocenters. The second-order valence-electron chi connectivity index (χ2n) is 8.28. The van der Waals surface area contributed by atoms with Crippen molar-refractivity contribution in [3.8, 4) is 11.4 Å². The van der Waals surface area contributed by atoms with Gasteiger partial charge in [-0.25, -0.2) is 0 Å². The molecule has 1 saturated heterocycles. The number of aromatic nitrogens is 2. The van der Waals surface area contributed by atoms with Crippen molar-refractivity contribution in [2.75, 3.05) is 25.4 Å². The minimum absolute atomic E-state index is 0.00868. The average Bonchev–Trinajstić information content (AvgIpc) is 3.31. The molecule has 0 saturated carbocycles. The lowest BCUT2D eigenvalue weighted by Gasteiger charge is -2.30. The number of piperidine rings is 1. The van der Waals surface area contributed by atoms with Gasteiger partial charge in [0.2, 0.25) is 17.6 Å². The van der Waals surface area contributed by atoms with Crippen LogP contribution in [-0.2, 0) is 17.1 Å². The molecule has 0 radical (unpaired) electrons. The van der Waals surface area contributed by atoms with Gasteiger partial charge in [0.25, 0.3) is 0 Å². The fourth-order valence-electron chi connectivity index (χ4n) is 3.93. The Hall–Kier alpha value is -2.35. The summed E-state index contributed by atoms with van der Waals surface area (Å²) in [6.45, 7) is 2.93. The van der Waals surface area contributed by atoms with Crippen LogP contribution in [0, 0.1) is 5.92 Å². The summed E-state index contributed by atoms with van der Waals surface area (Å²) in [7, 11) is 0. The van der Waals surface area contributed by atoms with E-state index in [-0.39, 0.29) is 11.8 Å². The number of carbonyl (C=O) groups excluding carboxylic acids is 1. The van der Waals surface area contributed by atoms with Crippen LogP contribution in [0.4, 0.5) is 0 Å². The number of amides is 1. The van der Waals surface area contributed by atoms with Gasteiger partial charge in [-0.1, -0.05) is 47.1 Å². The van der Waals surface area contributed by atoms with Crippen LogP contribution in [0.2, 0.25) is 5.02 Å². The summed E-state index contributed by atoms with van der Waals surface area (Å²) in [6, 6.07) is 17.8. The third-order valence-corrected chi connectivity index (χ3v) is 7.05. The smallest absolute Gasteiger partial charge is 0.241 e. The van der Waals surface area contributed by atoms with Gasteiger partial charge in [0.1, 0.15) is 0 Å². The van der Waals surface area contributed by atoms with Gasteiger partial charge in [0, 0.05) is 29.4 Å². The predicted molar refractivity (Wildman–Crippen MR) is 133 cm³/mol. The van der Waals surface area contributed by atoms with Crippen LogP contribution in [-0.4, -0.2) is 46.3 Å². The molecule has 1 fully saturated rings. The number of benzene rings is 2. The molecule has 1 N–H and O–H groups in total. The number of halogens is 1. The molecule has 0 aliphatic carbocycles. The Morgan fingerprint density at radius 3 is 2.82 bits per heavy atom. The number of likely N-dealkylation sites (tertiary alicyclic amines) is 1. The first kappa shape index (κ1) is 23.8. The summed E-state index contributed by atoms with van der Waals surface area (Å²) in [5, 5.41) is 7.88. The first-order valence-corrected chi connectivity index (χ1v) is 12.9. The second kappa shape index (κ2) is 12.2. The maximum absolute atomic E-state index is 12.7. The van der Waals surface area contributed by atoms with Crippen molar-refractivity contribution < 1.29 is 9.32 Å². The maximum atomic E-state index is 12.7. The Morgan fingerprint density at radius 1 is 1.18 bits per heavy atom. The summed E-state index contributed by atoms with van der Waals surface area (Å²) in [6.07, 6.45) is 2.89. The van der Waals surface area contributed by atoms with Crippen LogP contribution in [0.25, 0.3) is 11.4 Å². The molecule has 1 aromatic heterocycles. The minimum Gasteiger partial charge on any atom is -0.356 e. The van der Waals surface area contributed by atoms with Gasteiger partial charge < -0.3 is 9.84 Å². The molecule has 1 amide bonds. The highest BCUT2D eigenvalue weighted by Gasteiger charge is 2.26. The molecule has 2 heterocycles. The van der Waals surface area contributed by atoms with Gasteiger partial charge in [-0.3, -0.25) is 9.69 Å². The van der Waals surface area contributed by atoms with Crippen LogP contribution in [0.15, 0.2) is 59.1 Å². The van der Waals surface area contributed by atoms with Gasteiger partial charge in [-0.15, -0.1) is 0 Å². The highest BCUT2D eigenvalue weighted by molar-refractivity contribution is 7.98. The normalized spacial score (nSPS) is 16.6. The van der Waals surface area contributed by atoms with Crippen molar-refractivity contribution in [1.29, 1.82) is 0 Å². The van der Waals surface area contributed by atoms with E-state index >= 15 is 0 Å². The number of thioether (sulfide) groups is 1. The largest absolute Gasteiger partial charge is 0.356 e. The summed E-state index contributed by atoms with van der Waals surface area (Å²) < 4.78 is 5.44. The number of hydrogen-bond donors (Lipinski definition) is 1. The molecule has 1 aliphatic heterocycles. The highest BCUT2D eigenvalue weighted by atomic mass is 35.5. The summed E-state index contributed by atoms with van der Waals surface area (Å²) in [4.78, 5) is 19.4. The van der Waals surface area contributed by atoms with Crippen molar-refractivity contribution in [2.24, 2.45) is 5.92 Å². The Kier molecular flexibility index (Phi) is 8.80. The van der Waals surface area contributed by atoms with E-state index in [0.29, 0.717) is 29.8 Å². The molecule has 2 aromatic carbocycles. The third-order valence-electron chi connectivity index (χ3n) is 5.68. The summed E-state index contributed by atoms with van der Waals surface area (Å²) in [5.41, 5.74) is 2.21. The molecule has 1 aliphatic rings. The zero-order valence-corrected chi connectivity index (χ0v) is 20.2. The van der Waals surface area contributed by atoms with Gasteiger partial charge in [-0.05, 0) is 61.4 Å². The zero-order valence-electron chi connectivity index (χ0n) is 18.6. The van der Waals surface area contributed by atoms with Crippen molar-refractivity contribution in [3.05, 3.63) is 71.1 Å². The van der Waals surface area contributed by atoms with E-state index in [1.165, 1.54) is 5.56 Å². The molecular weight excluding hydrogens is 456 g/mol. The Morgan fingerprint density at radius 2 is 2.00 bits per heavy atom. The molecule has 4 rings (SSSR count). The van der Waals surface area contributed by atoms with Gasteiger partial charge in [0.15, 0.2) is 0 Å². The number of carbonyl (C=O) groups is 1. The molecule has 1 unspecified atom stereocenters. The van der Waals surface area contributed by atoms with E-state index in [9.17, 15) is 4.79 Å². The molecule has 33 heavy (non-hydrogen) atoms. The van der Waals surface area contributed by atoms with Crippen molar-refractivity contribution >= 4 is 29.3 Å². The SMILES string of the molecule is O=C(NCCCSCc1ccccc1)C1CCCN(Cc2nc(-c3ccc(Cl)cc3)no2)C1. The minimum atomic E-state index is 0.00868. The molecule has 0 bridgehead atoms. The van der Waals surface area contributed by atoms with Gasteiger partial charge in [-0.2, -0.15) is 16.7 Å². The first-order chi connectivity index (χ1) is 16.2. The Balaban J connectivity index is 1.17. The standard InChI is InChI=1S/C25H29ClN4O2S/c26-22-11-9-20(10-12-22)24-28-23(32-29-24)17-30-14-4-8-21(16-30)25(31)27-13-5-15-33-18-19-6-2-1-3-7-19/h1-3,6-7,9-12,21H,4-5,8,13-18H2,(H,27,31). The van der Waals surface area contributed by atoms with Crippen LogP contribution in [0.1, 0.15) is 30.7 Å². The Labute approximate surface area is 204 Å². The molecular formula is C25H29ClN4O2S. The van der Waals surface area contributed by atoms with E-state index in [1.54, 1.807) is 0 Å². The third kappa shape index (κ3) is 7.32. The molecule has 8 heteroatoms. The molecule has 0 spiro atoms. The zero-order chi connectivity index (χ0) is 22.9. The van der Waals surface area contributed by atoms with Gasteiger partial charge >= 0.3 is 0 Å².